The van der Waals surface area contributed by atoms with E-state index in [9.17, 15) is 13.6 Å². The molecule has 1 aliphatic rings. The van der Waals surface area contributed by atoms with Crippen LogP contribution >= 0.6 is 12.2 Å². The van der Waals surface area contributed by atoms with Gasteiger partial charge in [0, 0.05) is 19.4 Å². The lowest BCUT2D eigenvalue weighted by Gasteiger charge is -2.43. The second kappa shape index (κ2) is 8.08. The van der Waals surface area contributed by atoms with Crippen LogP contribution in [0, 0.1) is 11.6 Å². The van der Waals surface area contributed by atoms with Crippen LogP contribution in [-0.2, 0) is 10.2 Å². The molecule has 7 heteroatoms. The smallest absolute Gasteiger partial charge is 0.338 e. The predicted octanol–water partition coefficient (Wildman–Crippen LogP) is 3.94. The Labute approximate surface area is 162 Å². The average Bonchev–Trinajstić information content (AvgIpc) is 2.70. The van der Waals surface area contributed by atoms with E-state index in [0.29, 0.717) is 17.8 Å². The molecule has 3 rings (SSSR count). The predicted molar refractivity (Wildman–Crippen MR) is 102 cm³/mol. The third-order valence-corrected chi connectivity index (χ3v) is 5.62. The maximum Gasteiger partial charge on any atom is 0.338 e. The normalized spacial score (nSPS) is 22.1. The highest BCUT2D eigenvalue weighted by molar-refractivity contribution is 7.80. The van der Waals surface area contributed by atoms with Crippen LogP contribution in [0.4, 0.5) is 8.78 Å². The molecule has 142 valence electrons. The van der Waals surface area contributed by atoms with Gasteiger partial charge < -0.3 is 10.1 Å². The molecule has 1 aliphatic carbocycles. The molecule has 0 bridgehead atoms. The van der Waals surface area contributed by atoms with Gasteiger partial charge in [0.15, 0.2) is 11.6 Å². The fourth-order valence-electron chi connectivity index (χ4n) is 3.69. The van der Waals surface area contributed by atoms with Gasteiger partial charge in [-0.25, -0.2) is 13.6 Å². The molecule has 0 spiro atoms. The Morgan fingerprint density at radius 3 is 2.78 bits per heavy atom. The molecule has 27 heavy (non-hydrogen) atoms. The molecule has 2 atom stereocenters. The van der Waals surface area contributed by atoms with Crippen LogP contribution in [0.15, 0.2) is 42.7 Å². The van der Waals surface area contributed by atoms with E-state index in [1.165, 1.54) is 6.07 Å². The Balaban J connectivity index is 1.96. The molecular formula is C20H20F2N2O2S. The summed E-state index contributed by atoms with van der Waals surface area (Å²) >= 11 is 5.61. The first-order valence-electron chi connectivity index (χ1n) is 8.77. The molecule has 0 aliphatic heterocycles. The van der Waals surface area contributed by atoms with Gasteiger partial charge in [-0.05, 0) is 49.1 Å². The Kier molecular flexibility index (Phi) is 5.79. The van der Waals surface area contributed by atoms with Crippen LogP contribution in [0.25, 0.3) is 0 Å². The second-order valence-electron chi connectivity index (χ2n) is 6.56. The summed E-state index contributed by atoms with van der Waals surface area (Å²) < 4.78 is 32.4. The largest absolute Gasteiger partial charge is 0.457 e. The maximum atomic E-state index is 13.5. The molecule has 2 aromatic rings. The van der Waals surface area contributed by atoms with Crippen LogP contribution in [0.5, 0.6) is 0 Å². The minimum Gasteiger partial charge on any atom is -0.457 e. The van der Waals surface area contributed by atoms with Crippen molar-refractivity contribution in [3.63, 3.8) is 0 Å². The van der Waals surface area contributed by atoms with E-state index in [1.807, 2.05) is 12.1 Å². The van der Waals surface area contributed by atoms with Gasteiger partial charge in [-0.1, -0.05) is 24.7 Å². The summed E-state index contributed by atoms with van der Waals surface area (Å²) in [7, 11) is 1.74. The zero-order chi connectivity index (χ0) is 19.4. The number of aromatic nitrogens is 1. The summed E-state index contributed by atoms with van der Waals surface area (Å²) in [6.45, 7) is 0. The summed E-state index contributed by atoms with van der Waals surface area (Å²) in [5.41, 5.74) is 0.132. The number of hydrogen-bond donors (Lipinski definition) is 1. The van der Waals surface area contributed by atoms with E-state index in [1.54, 1.807) is 19.4 Å². The number of nitrogens with zero attached hydrogens (tertiary/aromatic N) is 1. The van der Waals surface area contributed by atoms with E-state index in [4.69, 9.17) is 17.0 Å². The first kappa shape index (κ1) is 19.4. The van der Waals surface area contributed by atoms with Crippen LogP contribution in [-0.4, -0.2) is 29.1 Å². The van der Waals surface area contributed by atoms with E-state index in [2.05, 4.69) is 10.3 Å². The van der Waals surface area contributed by atoms with Gasteiger partial charge in [0.2, 0.25) is 0 Å². The molecular weight excluding hydrogens is 370 g/mol. The lowest BCUT2D eigenvalue weighted by Crippen LogP contribution is -2.53. The van der Waals surface area contributed by atoms with Crippen molar-refractivity contribution in [2.75, 3.05) is 7.05 Å². The molecule has 1 aromatic carbocycles. The summed E-state index contributed by atoms with van der Waals surface area (Å²) in [5, 5.41) is 3.04. The highest BCUT2D eigenvalue weighted by atomic mass is 32.1. The van der Waals surface area contributed by atoms with Gasteiger partial charge in [0.25, 0.3) is 0 Å². The number of hydrogen-bond acceptors (Lipinski definition) is 4. The summed E-state index contributed by atoms with van der Waals surface area (Å²) in [6.07, 6.45) is 5.99. The van der Waals surface area contributed by atoms with Crippen LogP contribution in [0.1, 0.15) is 41.6 Å². The summed E-state index contributed by atoms with van der Waals surface area (Å²) in [5.74, 6) is -2.80. The number of thiocarbonyl (C=S) groups is 1. The fraction of sp³-hybridized carbons (Fsp3) is 0.350. The molecule has 2 unspecified atom stereocenters. The molecule has 1 aromatic heterocycles. The zero-order valence-electron chi connectivity index (χ0n) is 14.9. The first-order chi connectivity index (χ1) is 13.0. The number of benzene rings is 1. The number of likely N-dealkylation sites (N-methyl/N-ethyl adjacent to an activating group) is 1. The SMILES string of the molecule is CNC(=S)C1(c2cccnc2)CCCCC1OC(=O)c1ccc(F)c(F)c1. The molecule has 1 N–H and O–H groups in total. The van der Waals surface area contributed by atoms with Crippen molar-refractivity contribution >= 4 is 23.2 Å². The number of carbonyl (C=O) groups is 1. The van der Waals surface area contributed by atoms with Crippen molar-refractivity contribution in [1.82, 2.24) is 10.3 Å². The zero-order valence-corrected chi connectivity index (χ0v) is 15.7. The molecule has 0 saturated heterocycles. The average molecular weight is 390 g/mol. The number of ether oxygens (including phenoxy) is 1. The molecule has 0 radical (unpaired) electrons. The Hall–Kier alpha value is -2.41. The van der Waals surface area contributed by atoms with E-state index >= 15 is 0 Å². The monoisotopic (exact) mass is 390 g/mol. The number of halogens is 2. The van der Waals surface area contributed by atoms with Crippen molar-refractivity contribution < 1.29 is 18.3 Å². The standard InChI is InChI=1S/C20H20F2N2O2S/c1-23-19(27)20(14-5-4-10-24-12-14)9-3-2-6-17(20)26-18(25)13-7-8-15(21)16(22)11-13/h4-5,7-8,10-12,17H,2-3,6,9H2,1H3,(H,23,27). The maximum absolute atomic E-state index is 13.5. The third kappa shape index (κ3) is 3.69. The van der Waals surface area contributed by atoms with Crippen LogP contribution in [0.2, 0.25) is 0 Å². The van der Waals surface area contributed by atoms with E-state index < -0.39 is 29.1 Å². The van der Waals surface area contributed by atoms with Crippen LogP contribution < -0.4 is 5.32 Å². The number of rotatable bonds is 4. The molecule has 1 saturated carbocycles. The van der Waals surface area contributed by atoms with E-state index in [0.717, 1.165) is 30.5 Å². The van der Waals surface area contributed by atoms with E-state index in [-0.39, 0.29) is 5.56 Å². The van der Waals surface area contributed by atoms with Gasteiger partial charge in [0.1, 0.15) is 6.10 Å². The number of nitrogens with one attached hydrogen (secondary N) is 1. The third-order valence-electron chi connectivity index (χ3n) is 5.05. The molecule has 0 amide bonds. The number of pyridine rings is 1. The summed E-state index contributed by atoms with van der Waals surface area (Å²) in [4.78, 5) is 17.4. The van der Waals surface area contributed by atoms with Gasteiger partial charge in [-0.2, -0.15) is 0 Å². The fourth-order valence-corrected chi connectivity index (χ4v) is 4.04. The van der Waals surface area contributed by atoms with Crippen LogP contribution in [0.3, 0.4) is 0 Å². The quantitative estimate of drug-likeness (QED) is 0.633. The second-order valence-corrected chi connectivity index (χ2v) is 6.97. The lowest BCUT2D eigenvalue weighted by molar-refractivity contribution is 0.00425. The highest BCUT2D eigenvalue weighted by Gasteiger charge is 2.48. The van der Waals surface area contributed by atoms with Crippen molar-refractivity contribution in [1.29, 1.82) is 0 Å². The number of carbonyl (C=O) groups excluding carboxylic acids is 1. The Bertz CT molecular complexity index is 847. The topological polar surface area (TPSA) is 51.2 Å². The Morgan fingerprint density at radius 2 is 2.11 bits per heavy atom. The highest BCUT2D eigenvalue weighted by Crippen LogP contribution is 2.42. The number of esters is 1. The van der Waals surface area contributed by atoms with Gasteiger partial charge >= 0.3 is 5.97 Å². The van der Waals surface area contributed by atoms with Gasteiger partial charge in [-0.3, -0.25) is 4.98 Å². The van der Waals surface area contributed by atoms with Crippen molar-refractivity contribution in [3.8, 4) is 0 Å². The van der Waals surface area contributed by atoms with Crippen molar-refractivity contribution in [3.05, 3.63) is 65.5 Å². The van der Waals surface area contributed by atoms with Crippen molar-refractivity contribution in [2.45, 2.75) is 37.2 Å². The molecule has 1 heterocycles. The van der Waals surface area contributed by atoms with Crippen molar-refractivity contribution in [2.24, 2.45) is 0 Å². The molecule has 1 fully saturated rings. The lowest BCUT2D eigenvalue weighted by atomic mass is 9.67. The van der Waals surface area contributed by atoms with Gasteiger partial charge in [-0.15, -0.1) is 0 Å². The first-order valence-corrected chi connectivity index (χ1v) is 9.18. The Morgan fingerprint density at radius 1 is 1.30 bits per heavy atom. The summed E-state index contributed by atoms with van der Waals surface area (Å²) in [6, 6.07) is 6.71. The molecule has 4 nitrogen and oxygen atoms in total. The minimum atomic E-state index is -1.09. The minimum absolute atomic E-state index is 0.0325. The van der Waals surface area contributed by atoms with Gasteiger partial charge in [0.05, 0.1) is 16.0 Å².